The van der Waals surface area contributed by atoms with Crippen LogP contribution < -0.4 is 10.4 Å². The van der Waals surface area contributed by atoms with Crippen molar-refractivity contribution in [2.24, 2.45) is 5.92 Å². The van der Waals surface area contributed by atoms with Crippen LogP contribution in [0.5, 0.6) is 5.75 Å². The van der Waals surface area contributed by atoms with Gasteiger partial charge in [-0.3, -0.25) is 14.5 Å². The Morgan fingerprint density at radius 3 is 2.50 bits per heavy atom. The molecule has 0 radical (unpaired) electrons. The number of carbonyl (C=O) groups is 2. The van der Waals surface area contributed by atoms with Crippen LogP contribution in [0.25, 0.3) is 11.0 Å². The molecule has 0 N–H and O–H groups in total. The predicted octanol–water partition coefficient (Wildman–Crippen LogP) is 3.41. The number of piperazine rings is 1. The molecule has 1 aromatic carbocycles. The fourth-order valence-electron chi connectivity index (χ4n) is 6.04. The highest BCUT2D eigenvalue weighted by Crippen LogP contribution is 2.29. The average molecular weight is 496 g/mol. The molecule has 3 aliphatic rings. The van der Waals surface area contributed by atoms with Crippen LogP contribution in [0.3, 0.4) is 0 Å². The zero-order valence-corrected chi connectivity index (χ0v) is 21.2. The molecule has 8 nitrogen and oxygen atoms in total. The molecule has 1 unspecified atom stereocenters. The van der Waals surface area contributed by atoms with Gasteiger partial charge < -0.3 is 19.0 Å². The maximum Gasteiger partial charge on any atom is 0.336 e. The van der Waals surface area contributed by atoms with E-state index in [1.807, 2.05) is 28.9 Å². The van der Waals surface area contributed by atoms with E-state index in [-0.39, 0.29) is 23.4 Å². The van der Waals surface area contributed by atoms with Crippen LogP contribution in [0, 0.1) is 5.92 Å². The minimum Gasteiger partial charge on any atom is -0.494 e. The van der Waals surface area contributed by atoms with Gasteiger partial charge in [-0.2, -0.15) is 0 Å². The molecule has 0 bridgehead atoms. The Kier molecular flexibility index (Phi) is 7.60. The maximum absolute atomic E-state index is 13.3. The number of ether oxygens (including phenoxy) is 1. The smallest absolute Gasteiger partial charge is 0.336 e. The molecule has 36 heavy (non-hydrogen) atoms. The van der Waals surface area contributed by atoms with Crippen molar-refractivity contribution in [3.63, 3.8) is 0 Å². The Hall–Kier alpha value is -2.87. The topological polar surface area (TPSA) is 83.3 Å². The number of nitrogens with zero attached hydrogens (tertiary/aromatic N) is 3. The third kappa shape index (κ3) is 5.43. The van der Waals surface area contributed by atoms with Crippen LogP contribution in [0.2, 0.25) is 0 Å². The molecule has 1 aromatic heterocycles. The third-order valence-electron chi connectivity index (χ3n) is 7.96. The van der Waals surface area contributed by atoms with E-state index in [9.17, 15) is 14.4 Å². The third-order valence-corrected chi connectivity index (χ3v) is 7.96. The van der Waals surface area contributed by atoms with Gasteiger partial charge in [0.15, 0.2) is 0 Å². The Morgan fingerprint density at radius 2 is 1.78 bits per heavy atom. The number of carbonyl (C=O) groups excluding carboxylic acids is 2. The first-order chi connectivity index (χ1) is 17.5. The zero-order chi connectivity index (χ0) is 25.1. The van der Waals surface area contributed by atoms with Gasteiger partial charge in [-0.25, -0.2) is 4.79 Å². The number of hydrogen-bond donors (Lipinski definition) is 0. The lowest BCUT2D eigenvalue weighted by molar-refractivity contribution is -0.137. The molecule has 3 fully saturated rings. The van der Waals surface area contributed by atoms with Gasteiger partial charge in [0, 0.05) is 63.2 Å². The Labute approximate surface area is 212 Å². The van der Waals surface area contributed by atoms with Crippen molar-refractivity contribution in [2.75, 3.05) is 39.3 Å². The summed E-state index contributed by atoms with van der Waals surface area (Å²) in [5, 5.41) is 0.877. The van der Waals surface area contributed by atoms with Crippen LogP contribution >= 0.6 is 0 Å². The molecule has 1 saturated carbocycles. The number of hydrogen-bond acceptors (Lipinski definition) is 6. The van der Waals surface area contributed by atoms with Gasteiger partial charge >= 0.3 is 5.63 Å². The minimum atomic E-state index is -0.361. The first kappa shape index (κ1) is 24.8. The van der Waals surface area contributed by atoms with Gasteiger partial charge in [0.1, 0.15) is 11.3 Å². The standard InChI is InChI=1S/C28H37N3O5/c1-2-35-23-9-10-25-24(17-23)20(16-27(33)36-25)18-29-11-13-30(14-12-29)28(34)21-15-26(32)31(19-21)22-7-5-3-4-6-8-22/h9-10,16-17,21-22H,2-8,11-15,18-19H2,1H3. The van der Waals surface area contributed by atoms with Gasteiger partial charge in [0.05, 0.1) is 12.5 Å². The molecule has 2 aliphatic heterocycles. The lowest BCUT2D eigenvalue weighted by Crippen LogP contribution is -2.50. The first-order valence-electron chi connectivity index (χ1n) is 13.5. The molecular formula is C28H37N3O5. The molecule has 8 heteroatoms. The minimum absolute atomic E-state index is 0.117. The van der Waals surface area contributed by atoms with Crippen molar-refractivity contribution < 1.29 is 18.7 Å². The summed E-state index contributed by atoms with van der Waals surface area (Å²) in [6.45, 7) is 6.42. The fourth-order valence-corrected chi connectivity index (χ4v) is 6.04. The van der Waals surface area contributed by atoms with E-state index in [0.717, 1.165) is 42.6 Å². The van der Waals surface area contributed by atoms with Crippen LogP contribution in [0.1, 0.15) is 57.4 Å². The monoisotopic (exact) mass is 495 g/mol. The largest absolute Gasteiger partial charge is 0.494 e. The van der Waals surface area contributed by atoms with Gasteiger partial charge in [-0.05, 0) is 43.5 Å². The number of rotatable bonds is 6. The highest BCUT2D eigenvalue weighted by atomic mass is 16.5. The summed E-state index contributed by atoms with van der Waals surface area (Å²) < 4.78 is 11.0. The highest BCUT2D eigenvalue weighted by molar-refractivity contribution is 5.89. The lowest BCUT2D eigenvalue weighted by atomic mass is 10.1. The van der Waals surface area contributed by atoms with Gasteiger partial charge in [0.2, 0.25) is 11.8 Å². The molecule has 0 spiro atoms. The van der Waals surface area contributed by atoms with Crippen molar-refractivity contribution in [1.29, 1.82) is 0 Å². The van der Waals surface area contributed by atoms with Crippen LogP contribution in [0.15, 0.2) is 33.5 Å². The molecule has 1 aliphatic carbocycles. The van der Waals surface area contributed by atoms with Gasteiger partial charge in [-0.15, -0.1) is 0 Å². The summed E-state index contributed by atoms with van der Waals surface area (Å²) >= 11 is 0. The van der Waals surface area contributed by atoms with Crippen molar-refractivity contribution in [3.05, 3.63) is 40.2 Å². The highest BCUT2D eigenvalue weighted by Gasteiger charge is 2.40. The average Bonchev–Trinajstić information content (AvgIpc) is 3.07. The zero-order valence-electron chi connectivity index (χ0n) is 21.2. The lowest BCUT2D eigenvalue weighted by Gasteiger charge is -2.36. The predicted molar refractivity (Wildman–Crippen MR) is 137 cm³/mol. The SMILES string of the molecule is CCOc1ccc2oc(=O)cc(CN3CCN(C(=O)C4CC(=O)N(C5CCCCCC5)C4)CC3)c2c1. The van der Waals surface area contributed by atoms with Crippen molar-refractivity contribution in [1.82, 2.24) is 14.7 Å². The van der Waals surface area contributed by atoms with E-state index in [1.165, 1.54) is 25.7 Å². The van der Waals surface area contributed by atoms with Crippen molar-refractivity contribution in [2.45, 2.75) is 64.5 Å². The fraction of sp³-hybridized carbons (Fsp3) is 0.607. The molecule has 5 rings (SSSR count). The Balaban J connectivity index is 1.19. The van der Waals surface area contributed by atoms with Gasteiger partial charge in [0.25, 0.3) is 0 Å². The number of likely N-dealkylation sites (tertiary alicyclic amines) is 1. The summed E-state index contributed by atoms with van der Waals surface area (Å²) in [5.41, 5.74) is 1.10. The van der Waals surface area contributed by atoms with E-state index < -0.39 is 0 Å². The number of fused-ring (bicyclic) bond motifs is 1. The normalized spacial score (nSPS) is 22.2. The molecular weight excluding hydrogens is 458 g/mol. The second kappa shape index (κ2) is 11.0. The Morgan fingerprint density at radius 1 is 1.03 bits per heavy atom. The number of amides is 2. The summed E-state index contributed by atoms with van der Waals surface area (Å²) in [6.07, 6.45) is 7.36. The van der Waals surface area contributed by atoms with Gasteiger partial charge in [-0.1, -0.05) is 25.7 Å². The van der Waals surface area contributed by atoms with Crippen LogP contribution in [-0.4, -0.2) is 71.9 Å². The molecule has 2 aromatic rings. The molecule has 194 valence electrons. The van der Waals surface area contributed by atoms with E-state index in [1.54, 1.807) is 12.1 Å². The van der Waals surface area contributed by atoms with E-state index in [4.69, 9.17) is 9.15 Å². The van der Waals surface area contributed by atoms with Crippen molar-refractivity contribution in [3.8, 4) is 5.75 Å². The quantitative estimate of drug-likeness (QED) is 0.451. The summed E-state index contributed by atoms with van der Waals surface area (Å²) in [4.78, 5) is 44.4. The molecule has 2 amide bonds. The molecule has 3 heterocycles. The van der Waals surface area contributed by atoms with Crippen LogP contribution in [0.4, 0.5) is 0 Å². The van der Waals surface area contributed by atoms with E-state index in [2.05, 4.69) is 4.90 Å². The van der Waals surface area contributed by atoms with E-state index in [0.29, 0.717) is 50.8 Å². The van der Waals surface area contributed by atoms with Crippen LogP contribution in [-0.2, 0) is 16.1 Å². The summed E-state index contributed by atoms with van der Waals surface area (Å²) in [5.74, 6) is 0.804. The summed E-state index contributed by atoms with van der Waals surface area (Å²) in [7, 11) is 0. The number of benzene rings is 1. The molecule has 2 saturated heterocycles. The second-order valence-corrected chi connectivity index (χ2v) is 10.4. The Bertz CT molecular complexity index is 1150. The second-order valence-electron chi connectivity index (χ2n) is 10.4. The first-order valence-corrected chi connectivity index (χ1v) is 13.5. The van der Waals surface area contributed by atoms with Crippen molar-refractivity contribution >= 4 is 22.8 Å². The van der Waals surface area contributed by atoms with E-state index >= 15 is 0 Å². The summed E-state index contributed by atoms with van der Waals surface area (Å²) in [6, 6.07) is 7.39. The maximum atomic E-state index is 13.3. The molecule has 1 atom stereocenters.